The van der Waals surface area contributed by atoms with Crippen molar-refractivity contribution in [1.29, 1.82) is 0 Å². The third-order valence-electron chi connectivity index (χ3n) is 4.01. The molecule has 7 nitrogen and oxygen atoms in total. The van der Waals surface area contributed by atoms with Gasteiger partial charge in [-0.1, -0.05) is 0 Å². The van der Waals surface area contributed by atoms with E-state index in [1.807, 2.05) is 19.4 Å². The van der Waals surface area contributed by atoms with E-state index in [4.69, 9.17) is 5.73 Å². The van der Waals surface area contributed by atoms with Gasteiger partial charge in [0.15, 0.2) is 0 Å². The molecule has 3 rings (SSSR count). The van der Waals surface area contributed by atoms with Gasteiger partial charge in [-0.05, 0) is 12.8 Å². The van der Waals surface area contributed by atoms with Crippen LogP contribution in [-0.4, -0.2) is 40.1 Å². The lowest BCUT2D eigenvalue weighted by molar-refractivity contribution is 0.345. The average molecular weight is 299 g/mol. The van der Waals surface area contributed by atoms with Gasteiger partial charge in [0.2, 0.25) is 5.95 Å². The largest absolute Gasteiger partial charge is 0.357 e. The van der Waals surface area contributed by atoms with Crippen LogP contribution in [-0.2, 0) is 6.54 Å². The second-order valence-corrected chi connectivity index (χ2v) is 5.75. The van der Waals surface area contributed by atoms with Gasteiger partial charge < -0.3 is 16.0 Å². The number of hydrogen-bond acceptors (Lipinski definition) is 7. The van der Waals surface area contributed by atoms with E-state index in [2.05, 4.69) is 36.2 Å². The monoisotopic (exact) mass is 299 g/mol. The van der Waals surface area contributed by atoms with Crippen molar-refractivity contribution in [3.8, 4) is 0 Å². The number of anilines is 2. The number of hydrogen-bond donors (Lipinski definition) is 2. The molecule has 0 atom stereocenters. The summed E-state index contributed by atoms with van der Waals surface area (Å²) >= 11 is 0. The summed E-state index contributed by atoms with van der Waals surface area (Å²) in [4.78, 5) is 19.3. The molecule has 7 heteroatoms. The summed E-state index contributed by atoms with van der Waals surface area (Å²) in [6.45, 7) is 0.699. The van der Waals surface area contributed by atoms with Crippen LogP contribution in [0.15, 0.2) is 24.8 Å². The Morgan fingerprint density at radius 1 is 1.23 bits per heavy atom. The maximum absolute atomic E-state index is 5.86. The van der Waals surface area contributed by atoms with E-state index in [1.165, 1.54) is 0 Å². The molecule has 2 aromatic heterocycles. The molecule has 1 aliphatic rings. The fraction of sp³-hybridized carbons (Fsp3) is 0.467. The molecule has 0 bridgehead atoms. The van der Waals surface area contributed by atoms with Crippen LogP contribution in [0, 0.1) is 0 Å². The second kappa shape index (κ2) is 6.23. The highest BCUT2D eigenvalue weighted by Crippen LogP contribution is 2.35. The van der Waals surface area contributed by atoms with Crippen LogP contribution in [0.4, 0.5) is 11.8 Å². The van der Waals surface area contributed by atoms with Gasteiger partial charge in [-0.15, -0.1) is 0 Å². The zero-order chi connectivity index (χ0) is 15.5. The first kappa shape index (κ1) is 14.6. The lowest BCUT2D eigenvalue weighted by atomic mass is 9.78. The van der Waals surface area contributed by atoms with Crippen molar-refractivity contribution < 1.29 is 0 Å². The van der Waals surface area contributed by atoms with Gasteiger partial charge in [0.25, 0.3) is 0 Å². The standard InChI is InChI=1S/C15H21N7/c1-17-15-18-6-10(7-19-15)8-22(2)14-5-13(20-9-21-14)11-3-12(16)4-11/h5-7,9,11-12H,3-4,8,16H2,1-2H3,(H,17,18,19). The predicted octanol–water partition coefficient (Wildman–Crippen LogP) is 1.15. The Bertz CT molecular complexity index is 622. The summed E-state index contributed by atoms with van der Waals surface area (Å²) in [5.74, 6) is 2.00. The van der Waals surface area contributed by atoms with E-state index in [9.17, 15) is 0 Å². The van der Waals surface area contributed by atoms with E-state index < -0.39 is 0 Å². The summed E-state index contributed by atoms with van der Waals surface area (Å²) in [5.41, 5.74) is 7.98. The molecule has 0 aromatic carbocycles. The Balaban J connectivity index is 1.68. The van der Waals surface area contributed by atoms with Gasteiger partial charge in [0.05, 0.1) is 0 Å². The van der Waals surface area contributed by atoms with Crippen molar-refractivity contribution in [2.45, 2.75) is 31.3 Å². The van der Waals surface area contributed by atoms with Crippen LogP contribution in [0.5, 0.6) is 0 Å². The molecule has 0 amide bonds. The Hall–Kier alpha value is -2.28. The van der Waals surface area contributed by atoms with E-state index in [1.54, 1.807) is 13.4 Å². The first-order valence-corrected chi connectivity index (χ1v) is 7.43. The van der Waals surface area contributed by atoms with Crippen LogP contribution in [0.3, 0.4) is 0 Å². The fourth-order valence-corrected chi connectivity index (χ4v) is 2.62. The van der Waals surface area contributed by atoms with Gasteiger partial charge in [-0.2, -0.15) is 0 Å². The maximum Gasteiger partial charge on any atom is 0.222 e. The molecule has 2 aromatic rings. The molecular formula is C15H21N7. The van der Waals surface area contributed by atoms with Crippen LogP contribution in [0.2, 0.25) is 0 Å². The van der Waals surface area contributed by atoms with Crippen molar-refractivity contribution in [1.82, 2.24) is 19.9 Å². The molecule has 22 heavy (non-hydrogen) atoms. The third-order valence-corrected chi connectivity index (χ3v) is 4.01. The smallest absolute Gasteiger partial charge is 0.222 e. The van der Waals surface area contributed by atoms with Crippen molar-refractivity contribution in [2.75, 3.05) is 24.3 Å². The first-order chi connectivity index (χ1) is 10.7. The van der Waals surface area contributed by atoms with E-state index in [0.717, 1.165) is 29.9 Å². The Labute approximate surface area is 130 Å². The summed E-state index contributed by atoms with van der Waals surface area (Å²) in [6.07, 6.45) is 7.30. The van der Waals surface area contributed by atoms with E-state index >= 15 is 0 Å². The van der Waals surface area contributed by atoms with Crippen LogP contribution in [0.1, 0.15) is 30.0 Å². The average Bonchev–Trinajstić information content (AvgIpc) is 2.52. The first-order valence-electron chi connectivity index (χ1n) is 7.43. The Morgan fingerprint density at radius 2 is 1.95 bits per heavy atom. The highest BCUT2D eigenvalue weighted by atomic mass is 15.2. The molecule has 1 fully saturated rings. The number of nitrogens with zero attached hydrogens (tertiary/aromatic N) is 5. The SMILES string of the molecule is CNc1ncc(CN(C)c2cc(C3CC(N)C3)ncn2)cn1. The minimum absolute atomic E-state index is 0.323. The van der Waals surface area contributed by atoms with E-state index in [-0.39, 0.29) is 0 Å². The summed E-state index contributed by atoms with van der Waals surface area (Å²) in [6, 6.07) is 2.38. The van der Waals surface area contributed by atoms with Crippen molar-refractivity contribution in [3.05, 3.63) is 36.0 Å². The van der Waals surface area contributed by atoms with Crippen LogP contribution < -0.4 is 16.0 Å². The maximum atomic E-state index is 5.86. The summed E-state index contributed by atoms with van der Waals surface area (Å²) in [5, 5.41) is 2.91. The molecule has 0 spiro atoms. The number of nitrogens with one attached hydrogen (secondary N) is 1. The molecule has 1 aliphatic carbocycles. The van der Waals surface area contributed by atoms with Gasteiger partial charge in [0.1, 0.15) is 12.1 Å². The highest BCUT2D eigenvalue weighted by molar-refractivity contribution is 5.40. The zero-order valence-electron chi connectivity index (χ0n) is 12.9. The molecule has 0 saturated heterocycles. The molecular weight excluding hydrogens is 278 g/mol. The Kier molecular flexibility index (Phi) is 4.15. The fourth-order valence-electron chi connectivity index (χ4n) is 2.62. The van der Waals surface area contributed by atoms with Crippen molar-refractivity contribution >= 4 is 11.8 Å². The predicted molar refractivity (Wildman–Crippen MR) is 85.7 cm³/mol. The van der Waals surface area contributed by atoms with Crippen LogP contribution >= 0.6 is 0 Å². The molecule has 0 unspecified atom stereocenters. The second-order valence-electron chi connectivity index (χ2n) is 5.75. The summed E-state index contributed by atoms with van der Waals surface area (Å²) < 4.78 is 0. The van der Waals surface area contributed by atoms with Gasteiger partial charge in [-0.25, -0.2) is 19.9 Å². The minimum Gasteiger partial charge on any atom is -0.357 e. The lowest BCUT2D eigenvalue weighted by Crippen LogP contribution is -2.35. The quantitative estimate of drug-likeness (QED) is 0.855. The topological polar surface area (TPSA) is 92.9 Å². The Morgan fingerprint density at radius 3 is 2.59 bits per heavy atom. The molecule has 3 N–H and O–H groups in total. The van der Waals surface area contributed by atoms with Crippen LogP contribution in [0.25, 0.3) is 0 Å². The number of nitrogens with two attached hydrogens (primary N) is 1. The molecule has 2 heterocycles. The molecule has 0 radical (unpaired) electrons. The minimum atomic E-state index is 0.323. The van der Waals surface area contributed by atoms with E-state index in [0.29, 0.717) is 24.5 Å². The van der Waals surface area contributed by atoms with Gasteiger partial charge >= 0.3 is 0 Å². The normalized spacial score (nSPS) is 20.3. The van der Waals surface area contributed by atoms with Gasteiger partial charge in [0, 0.05) is 62.3 Å². The van der Waals surface area contributed by atoms with Crippen molar-refractivity contribution in [2.24, 2.45) is 5.73 Å². The van der Waals surface area contributed by atoms with Crippen molar-refractivity contribution in [3.63, 3.8) is 0 Å². The van der Waals surface area contributed by atoms with Gasteiger partial charge in [-0.3, -0.25) is 0 Å². The number of rotatable bonds is 5. The molecule has 116 valence electrons. The number of aromatic nitrogens is 4. The summed E-state index contributed by atoms with van der Waals surface area (Å²) in [7, 11) is 3.81. The molecule has 1 saturated carbocycles. The highest BCUT2D eigenvalue weighted by Gasteiger charge is 2.28. The third kappa shape index (κ3) is 3.14. The lowest BCUT2D eigenvalue weighted by Gasteiger charge is -2.32. The zero-order valence-corrected chi connectivity index (χ0v) is 12.9. The molecule has 0 aliphatic heterocycles.